The predicted molar refractivity (Wildman–Crippen MR) is 98.7 cm³/mol. The van der Waals surface area contributed by atoms with E-state index < -0.39 is 0 Å². The lowest BCUT2D eigenvalue weighted by atomic mass is 10.1. The van der Waals surface area contributed by atoms with Gasteiger partial charge in [-0.1, -0.05) is 29.5 Å². The van der Waals surface area contributed by atoms with Gasteiger partial charge in [0.15, 0.2) is 5.82 Å². The minimum atomic E-state index is -0.0927. The molecule has 25 heavy (non-hydrogen) atoms. The lowest BCUT2D eigenvalue weighted by molar-refractivity contribution is -0.117. The van der Waals surface area contributed by atoms with E-state index in [-0.39, 0.29) is 23.5 Å². The average molecular weight is 356 g/mol. The summed E-state index contributed by atoms with van der Waals surface area (Å²) in [5.41, 5.74) is 3.02. The molecule has 2 amide bonds. The van der Waals surface area contributed by atoms with Crippen LogP contribution in [0.15, 0.2) is 35.4 Å². The Morgan fingerprint density at radius 2 is 1.92 bits per heavy atom. The molecule has 130 valence electrons. The molecule has 1 aromatic heterocycles. The van der Waals surface area contributed by atoms with Crippen LogP contribution in [-0.4, -0.2) is 27.8 Å². The lowest BCUT2D eigenvalue weighted by Crippen LogP contribution is -2.15. The van der Waals surface area contributed by atoms with Crippen LogP contribution in [0.2, 0.25) is 0 Å². The summed E-state index contributed by atoms with van der Waals surface area (Å²) < 4.78 is 0. The van der Waals surface area contributed by atoms with Crippen LogP contribution in [0.4, 0.5) is 11.5 Å². The van der Waals surface area contributed by atoms with Gasteiger partial charge in [-0.25, -0.2) is 0 Å². The van der Waals surface area contributed by atoms with Crippen molar-refractivity contribution in [2.45, 2.75) is 31.7 Å². The summed E-state index contributed by atoms with van der Waals surface area (Å²) >= 11 is 1.30. The first kappa shape index (κ1) is 17.4. The number of nitrogens with zero attached hydrogens (tertiary/aromatic N) is 2. The maximum atomic E-state index is 12.1. The van der Waals surface area contributed by atoms with Crippen molar-refractivity contribution in [3.05, 3.63) is 41.5 Å². The Morgan fingerprint density at radius 3 is 2.56 bits per heavy atom. The summed E-state index contributed by atoms with van der Waals surface area (Å²) in [7, 11) is 0. The van der Waals surface area contributed by atoms with Crippen molar-refractivity contribution in [2.75, 3.05) is 16.4 Å². The number of amides is 2. The van der Waals surface area contributed by atoms with Gasteiger partial charge in [0.1, 0.15) is 5.03 Å². The molecule has 0 aliphatic heterocycles. The fourth-order valence-corrected chi connectivity index (χ4v) is 2.93. The van der Waals surface area contributed by atoms with Crippen molar-refractivity contribution >= 4 is 35.1 Å². The molecule has 7 heteroatoms. The second kappa shape index (κ2) is 7.65. The van der Waals surface area contributed by atoms with Crippen molar-refractivity contribution in [2.24, 2.45) is 5.92 Å². The van der Waals surface area contributed by atoms with E-state index in [9.17, 15) is 9.59 Å². The van der Waals surface area contributed by atoms with E-state index in [0.29, 0.717) is 10.8 Å². The molecule has 1 aliphatic rings. The van der Waals surface area contributed by atoms with E-state index in [0.717, 1.165) is 29.7 Å². The number of hydrogen-bond acceptors (Lipinski definition) is 5. The molecule has 0 bridgehead atoms. The monoisotopic (exact) mass is 356 g/mol. The van der Waals surface area contributed by atoms with Crippen LogP contribution in [0.3, 0.4) is 0 Å². The molecule has 0 unspecified atom stereocenters. The fraction of sp³-hybridized carbons (Fsp3) is 0.333. The number of hydrogen-bond donors (Lipinski definition) is 2. The van der Waals surface area contributed by atoms with E-state index in [1.54, 1.807) is 12.1 Å². The molecule has 0 radical (unpaired) electrons. The van der Waals surface area contributed by atoms with Crippen LogP contribution < -0.4 is 10.6 Å². The molecule has 2 N–H and O–H groups in total. The summed E-state index contributed by atoms with van der Waals surface area (Å²) in [6.45, 7) is 3.99. The van der Waals surface area contributed by atoms with Gasteiger partial charge in [-0.2, -0.15) is 0 Å². The van der Waals surface area contributed by atoms with Gasteiger partial charge in [0.05, 0.1) is 5.75 Å². The average Bonchev–Trinajstić information content (AvgIpc) is 3.42. The molecule has 0 atom stereocenters. The van der Waals surface area contributed by atoms with Gasteiger partial charge in [-0.15, -0.1) is 10.2 Å². The zero-order valence-corrected chi connectivity index (χ0v) is 15.0. The molecule has 0 spiro atoms. The molecule has 1 aliphatic carbocycles. The van der Waals surface area contributed by atoms with Gasteiger partial charge in [0.25, 0.3) is 0 Å². The molecule has 1 heterocycles. The molecule has 2 aromatic rings. The number of rotatable bonds is 6. The summed E-state index contributed by atoms with van der Waals surface area (Å²) in [4.78, 5) is 23.7. The van der Waals surface area contributed by atoms with E-state index in [2.05, 4.69) is 20.8 Å². The zero-order chi connectivity index (χ0) is 17.8. The quantitative estimate of drug-likeness (QED) is 0.777. The van der Waals surface area contributed by atoms with Crippen LogP contribution in [0.5, 0.6) is 0 Å². The van der Waals surface area contributed by atoms with Crippen LogP contribution in [0, 0.1) is 19.8 Å². The number of thioether (sulfide) groups is 1. The molecule has 1 fully saturated rings. The van der Waals surface area contributed by atoms with Crippen LogP contribution in [0.25, 0.3) is 0 Å². The molecule has 3 rings (SSSR count). The summed E-state index contributed by atoms with van der Waals surface area (Å²) in [6.07, 6.45) is 1.89. The number of anilines is 2. The lowest BCUT2D eigenvalue weighted by Gasteiger charge is -2.09. The standard InChI is InChI=1S/C18H20N4O2S/c1-11-3-6-14(12(2)9-11)19-16(23)10-25-17-8-7-15(21-22-17)20-18(24)13-4-5-13/h3,6-9,13H,4-5,10H2,1-2H3,(H,19,23)(H,20,21,24). The predicted octanol–water partition coefficient (Wildman–Crippen LogP) is 3.17. The first-order valence-corrected chi connectivity index (χ1v) is 9.14. The third kappa shape index (κ3) is 5.03. The maximum absolute atomic E-state index is 12.1. The molecule has 1 aromatic carbocycles. The second-order valence-electron chi connectivity index (χ2n) is 6.18. The molecule has 0 saturated heterocycles. The number of benzene rings is 1. The van der Waals surface area contributed by atoms with Gasteiger partial charge in [-0.3, -0.25) is 9.59 Å². The fourth-order valence-electron chi connectivity index (χ4n) is 2.32. The summed E-state index contributed by atoms with van der Waals surface area (Å²) in [5, 5.41) is 14.3. The third-order valence-corrected chi connectivity index (χ3v) is 4.77. The van der Waals surface area contributed by atoms with Crippen molar-refractivity contribution < 1.29 is 9.59 Å². The number of aromatic nitrogens is 2. The van der Waals surface area contributed by atoms with Gasteiger partial charge < -0.3 is 10.6 Å². The highest BCUT2D eigenvalue weighted by molar-refractivity contribution is 7.99. The normalized spacial score (nSPS) is 13.4. The van der Waals surface area contributed by atoms with E-state index in [4.69, 9.17) is 0 Å². The second-order valence-corrected chi connectivity index (χ2v) is 7.17. The Bertz CT molecular complexity index is 788. The van der Waals surface area contributed by atoms with Gasteiger partial charge >= 0.3 is 0 Å². The van der Waals surface area contributed by atoms with Gasteiger partial charge in [0.2, 0.25) is 11.8 Å². The maximum Gasteiger partial charge on any atom is 0.234 e. The molecular weight excluding hydrogens is 336 g/mol. The van der Waals surface area contributed by atoms with Crippen molar-refractivity contribution in [3.63, 3.8) is 0 Å². The Balaban J connectivity index is 1.49. The minimum absolute atomic E-state index is 0.00236. The highest BCUT2D eigenvalue weighted by atomic mass is 32.2. The zero-order valence-electron chi connectivity index (χ0n) is 14.2. The van der Waals surface area contributed by atoms with Crippen molar-refractivity contribution in [3.8, 4) is 0 Å². The topological polar surface area (TPSA) is 84.0 Å². The SMILES string of the molecule is Cc1ccc(NC(=O)CSc2ccc(NC(=O)C3CC3)nn2)c(C)c1. The van der Waals surface area contributed by atoms with Crippen molar-refractivity contribution in [1.82, 2.24) is 10.2 Å². The Kier molecular flexibility index (Phi) is 5.33. The molecule has 1 saturated carbocycles. The highest BCUT2D eigenvalue weighted by Gasteiger charge is 2.29. The first-order valence-electron chi connectivity index (χ1n) is 8.16. The third-order valence-electron chi connectivity index (χ3n) is 3.85. The largest absolute Gasteiger partial charge is 0.325 e. The van der Waals surface area contributed by atoms with Crippen LogP contribution in [-0.2, 0) is 9.59 Å². The van der Waals surface area contributed by atoms with Crippen molar-refractivity contribution in [1.29, 1.82) is 0 Å². The smallest absolute Gasteiger partial charge is 0.234 e. The highest BCUT2D eigenvalue weighted by Crippen LogP contribution is 2.30. The number of aryl methyl sites for hydroxylation is 2. The van der Waals surface area contributed by atoms with E-state index in [1.165, 1.54) is 11.8 Å². The summed E-state index contributed by atoms with van der Waals surface area (Å²) in [6, 6.07) is 9.37. The van der Waals surface area contributed by atoms with Gasteiger partial charge in [0, 0.05) is 11.6 Å². The first-order chi connectivity index (χ1) is 12.0. The number of carbonyl (C=O) groups excluding carboxylic acids is 2. The van der Waals surface area contributed by atoms with Crippen LogP contribution >= 0.6 is 11.8 Å². The summed E-state index contributed by atoms with van der Waals surface area (Å²) in [5.74, 6) is 0.730. The molecular formula is C18H20N4O2S. The Hall–Kier alpha value is -2.41. The van der Waals surface area contributed by atoms with E-state index in [1.807, 2.05) is 32.0 Å². The van der Waals surface area contributed by atoms with Gasteiger partial charge in [-0.05, 0) is 50.5 Å². The Morgan fingerprint density at radius 1 is 1.12 bits per heavy atom. The van der Waals surface area contributed by atoms with E-state index >= 15 is 0 Å². The Labute approximate surface area is 150 Å². The number of carbonyl (C=O) groups is 2. The minimum Gasteiger partial charge on any atom is -0.325 e. The molecule has 6 nitrogen and oxygen atoms in total. The number of nitrogens with one attached hydrogen (secondary N) is 2. The van der Waals surface area contributed by atoms with Crippen LogP contribution in [0.1, 0.15) is 24.0 Å².